The molecule has 0 radical (unpaired) electrons. The van der Waals surface area contributed by atoms with Crippen molar-refractivity contribution in [2.24, 2.45) is 0 Å². The summed E-state index contributed by atoms with van der Waals surface area (Å²) in [5, 5.41) is 8.53. The number of Topliss-reactive ketones (excluding diaryl/α,β-unsaturated/α-hetero) is 1. The normalized spacial score (nSPS) is 10.3. The van der Waals surface area contributed by atoms with Gasteiger partial charge < -0.3 is 14.8 Å². The van der Waals surface area contributed by atoms with Gasteiger partial charge in [-0.25, -0.2) is 0 Å². The molecular formula is C18H19NO5. The second-order valence-electron chi connectivity index (χ2n) is 5.39. The van der Waals surface area contributed by atoms with Gasteiger partial charge >= 0.3 is 5.97 Å². The van der Waals surface area contributed by atoms with Crippen LogP contribution >= 0.6 is 0 Å². The molecular weight excluding hydrogens is 310 g/mol. The summed E-state index contributed by atoms with van der Waals surface area (Å²) in [4.78, 5) is 36.9. The van der Waals surface area contributed by atoms with Crippen LogP contribution in [0.1, 0.15) is 30.5 Å². The van der Waals surface area contributed by atoms with Crippen molar-refractivity contribution < 1.29 is 19.4 Å². The molecule has 0 spiro atoms. The summed E-state index contributed by atoms with van der Waals surface area (Å²) in [6, 6.07) is 10.9. The maximum atomic E-state index is 12.0. The van der Waals surface area contributed by atoms with Gasteiger partial charge in [0, 0.05) is 30.8 Å². The van der Waals surface area contributed by atoms with E-state index in [-0.39, 0.29) is 36.2 Å². The Morgan fingerprint density at radius 2 is 1.83 bits per heavy atom. The molecule has 6 heteroatoms. The van der Waals surface area contributed by atoms with Crippen molar-refractivity contribution in [3.63, 3.8) is 0 Å². The molecule has 0 aliphatic rings. The molecule has 0 amide bonds. The molecule has 1 aromatic heterocycles. The standard InChI is InChI=1S/C18H19NO5/c20-15(8-9-18(22)23)7-6-14-10-16(21)17(11-19-14)24-12-13-4-2-1-3-5-13/h1-5,10-11H,6-9,12H2,(H,19,21)(H,22,23). The van der Waals surface area contributed by atoms with Gasteiger partial charge in [-0.05, 0) is 12.0 Å². The van der Waals surface area contributed by atoms with E-state index < -0.39 is 5.97 Å². The number of aromatic amines is 1. The average Bonchev–Trinajstić information content (AvgIpc) is 2.58. The zero-order valence-corrected chi connectivity index (χ0v) is 13.2. The summed E-state index contributed by atoms with van der Waals surface area (Å²) in [6.07, 6.45) is 1.90. The fraction of sp³-hybridized carbons (Fsp3) is 0.278. The summed E-state index contributed by atoms with van der Waals surface area (Å²) >= 11 is 0. The summed E-state index contributed by atoms with van der Waals surface area (Å²) in [7, 11) is 0. The molecule has 0 atom stereocenters. The van der Waals surface area contributed by atoms with Gasteiger partial charge in [0.15, 0.2) is 5.75 Å². The van der Waals surface area contributed by atoms with Gasteiger partial charge in [0.2, 0.25) is 5.43 Å². The van der Waals surface area contributed by atoms with Gasteiger partial charge in [0.25, 0.3) is 0 Å². The van der Waals surface area contributed by atoms with Gasteiger partial charge in [-0.1, -0.05) is 30.3 Å². The molecule has 0 unspecified atom stereocenters. The van der Waals surface area contributed by atoms with E-state index in [2.05, 4.69) is 4.98 Å². The van der Waals surface area contributed by atoms with Gasteiger partial charge in [-0.2, -0.15) is 0 Å². The minimum Gasteiger partial charge on any atom is -0.483 e. The molecule has 2 aromatic rings. The van der Waals surface area contributed by atoms with Crippen LogP contribution in [0.5, 0.6) is 5.75 Å². The number of ether oxygens (including phenoxy) is 1. The number of carbonyl (C=O) groups excluding carboxylic acids is 1. The highest BCUT2D eigenvalue weighted by Gasteiger charge is 2.08. The monoisotopic (exact) mass is 329 g/mol. The average molecular weight is 329 g/mol. The van der Waals surface area contributed by atoms with E-state index in [4.69, 9.17) is 9.84 Å². The molecule has 1 aromatic carbocycles. The molecule has 0 fully saturated rings. The largest absolute Gasteiger partial charge is 0.483 e. The van der Waals surface area contributed by atoms with Crippen LogP contribution in [0.15, 0.2) is 47.4 Å². The number of hydrogen-bond acceptors (Lipinski definition) is 4. The van der Waals surface area contributed by atoms with Gasteiger partial charge in [-0.3, -0.25) is 14.4 Å². The molecule has 24 heavy (non-hydrogen) atoms. The van der Waals surface area contributed by atoms with Crippen LogP contribution in [-0.2, 0) is 22.6 Å². The lowest BCUT2D eigenvalue weighted by Crippen LogP contribution is -2.11. The number of nitrogens with one attached hydrogen (secondary N) is 1. The van der Waals surface area contributed by atoms with Crippen LogP contribution in [0.3, 0.4) is 0 Å². The highest BCUT2D eigenvalue weighted by Crippen LogP contribution is 2.08. The third kappa shape index (κ3) is 5.72. The molecule has 0 aliphatic carbocycles. The highest BCUT2D eigenvalue weighted by atomic mass is 16.5. The number of carbonyl (C=O) groups is 2. The van der Waals surface area contributed by atoms with Crippen molar-refractivity contribution >= 4 is 11.8 Å². The Morgan fingerprint density at radius 3 is 2.50 bits per heavy atom. The van der Waals surface area contributed by atoms with E-state index in [9.17, 15) is 14.4 Å². The smallest absolute Gasteiger partial charge is 0.303 e. The number of carboxylic acid groups (broad SMARTS) is 1. The second-order valence-corrected chi connectivity index (χ2v) is 5.39. The predicted molar refractivity (Wildman–Crippen MR) is 88.0 cm³/mol. The quantitative estimate of drug-likeness (QED) is 0.736. The van der Waals surface area contributed by atoms with Gasteiger partial charge in [0.1, 0.15) is 12.4 Å². The molecule has 0 aliphatic heterocycles. The summed E-state index contributed by atoms with van der Waals surface area (Å²) in [5.74, 6) is -0.904. The van der Waals surface area contributed by atoms with E-state index >= 15 is 0 Å². The zero-order valence-electron chi connectivity index (χ0n) is 13.2. The van der Waals surface area contributed by atoms with Crippen LogP contribution in [0, 0.1) is 0 Å². The first-order valence-corrected chi connectivity index (χ1v) is 7.66. The lowest BCUT2D eigenvalue weighted by atomic mass is 10.1. The van der Waals surface area contributed by atoms with Crippen molar-refractivity contribution in [1.29, 1.82) is 0 Å². The predicted octanol–water partition coefficient (Wildman–Crippen LogP) is 2.32. The number of ketones is 1. The number of aryl methyl sites for hydroxylation is 1. The van der Waals surface area contributed by atoms with Gasteiger partial charge in [-0.15, -0.1) is 0 Å². The van der Waals surface area contributed by atoms with Crippen LogP contribution in [0.2, 0.25) is 0 Å². The summed E-state index contributed by atoms with van der Waals surface area (Å²) in [5.41, 5.74) is 1.33. The molecule has 0 saturated heterocycles. The Labute approximate surface area is 139 Å². The number of aromatic nitrogens is 1. The van der Waals surface area contributed by atoms with Crippen LogP contribution in [0.4, 0.5) is 0 Å². The Balaban J connectivity index is 1.86. The van der Waals surface area contributed by atoms with Crippen LogP contribution in [0.25, 0.3) is 0 Å². The van der Waals surface area contributed by atoms with Crippen molar-refractivity contribution in [1.82, 2.24) is 4.98 Å². The second kappa shape index (κ2) is 8.67. The number of hydrogen-bond donors (Lipinski definition) is 2. The summed E-state index contributed by atoms with van der Waals surface area (Å²) in [6.45, 7) is 0.303. The fourth-order valence-corrected chi connectivity index (χ4v) is 2.14. The summed E-state index contributed by atoms with van der Waals surface area (Å²) < 4.78 is 5.49. The van der Waals surface area contributed by atoms with Crippen molar-refractivity contribution in [2.45, 2.75) is 32.3 Å². The van der Waals surface area contributed by atoms with E-state index in [1.165, 1.54) is 12.3 Å². The maximum Gasteiger partial charge on any atom is 0.303 e. The van der Waals surface area contributed by atoms with E-state index in [0.29, 0.717) is 18.7 Å². The number of H-pyrrole nitrogens is 1. The van der Waals surface area contributed by atoms with Gasteiger partial charge in [0.05, 0.1) is 6.42 Å². The highest BCUT2D eigenvalue weighted by molar-refractivity contribution is 5.82. The van der Waals surface area contributed by atoms with Crippen molar-refractivity contribution in [2.75, 3.05) is 0 Å². The number of aliphatic carboxylic acids is 1. The Hall–Kier alpha value is -2.89. The fourth-order valence-electron chi connectivity index (χ4n) is 2.14. The molecule has 1 heterocycles. The first kappa shape index (κ1) is 17.5. The maximum absolute atomic E-state index is 12.0. The number of rotatable bonds is 9. The first-order valence-electron chi connectivity index (χ1n) is 7.66. The zero-order chi connectivity index (χ0) is 17.4. The minimum atomic E-state index is -0.989. The van der Waals surface area contributed by atoms with E-state index in [1.54, 1.807) is 0 Å². The Bertz CT molecular complexity index is 752. The lowest BCUT2D eigenvalue weighted by Gasteiger charge is -2.07. The van der Waals surface area contributed by atoms with Crippen molar-refractivity contribution in [3.05, 3.63) is 64.1 Å². The number of benzene rings is 1. The molecule has 0 bridgehead atoms. The Kier molecular flexibility index (Phi) is 6.31. The van der Waals surface area contributed by atoms with Crippen LogP contribution in [-0.4, -0.2) is 21.8 Å². The number of pyridine rings is 1. The number of carboxylic acids is 1. The molecule has 126 valence electrons. The van der Waals surface area contributed by atoms with E-state index in [1.807, 2.05) is 30.3 Å². The topological polar surface area (TPSA) is 96.5 Å². The molecule has 6 nitrogen and oxygen atoms in total. The first-order chi connectivity index (χ1) is 11.5. The minimum absolute atomic E-state index is 0.0117. The van der Waals surface area contributed by atoms with Crippen molar-refractivity contribution in [3.8, 4) is 5.75 Å². The molecule has 0 saturated carbocycles. The molecule has 2 N–H and O–H groups in total. The SMILES string of the molecule is O=C(O)CCC(=O)CCc1cc(=O)c(OCc2ccccc2)c[nH]1. The van der Waals surface area contributed by atoms with E-state index in [0.717, 1.165) is 5.56 Å². The Morgan fingerprint density at radius 1 is 1.08 bits per heavy atom. The third-order valence-electron chi connectivity index (χ3n) is 3.46. The van der Waals surface area contributed by atoms with Crippen LogP contribution < -0.4 is 10.2 Å². The lowest BCUT2D eigenvalue weighted by molar-refractivity contribution is -0.138. The molecule has 2 rings (SSSR count). The third-order valence-corrected chi connectivity index (χ3v) is 3.46.